The summed E-state index contributed by atoms with van der Waals surface area (Å²) in [6.07, 6.45) is 8.48. The third kappa shape index (κ3) is 5.47. The first-order valence-corrected chi connectivity index (χ1v) is 12.0. The molecule has 1 unspecified atom stereocenters. The molecule has 0 radical (unpaired) electrons. The molecule has 1 aromatic carbocycles. The molecule has 2 aromatic rings. The third-order valence-electron chi connectivity index (χ3n) is 6.69. The van der Waals surface area contributed by atoms with Gasteiger partial charge in [0, 0.05) is 32.5 Å². The zero-order chi connectivity index (χ0) is 23.1. The topological polar surface area (TPSA) is 69.6 Å². The Kier molecular flexibility index (Phi) is 8.24. The molecule has 0 saturated carbocycles. The zero-order valence-electron chi connectivity index (χ0n) is 20.0. The summed E-state index contributed by atoms with van der Waals surface area (Å²) >= 11 is 0. The lowest BCUT2D eigenvalue weighted by Gasteiger charge is -2.42. The molecule has 0 bridgehead atoms. The first-order valence-electron chi connectivity index (χ1n) is 12.0. The molecule has 1 N–H and O–H groups in total. The highest BCUT2D eigenvalue weighted by molar-refractivity contribution is 5.93. The molecule has 6 nitrogen and oxygen atoms in total. The molecule has 1 atom stereocenters. The van der Waals surface area contributed by atoms with Crippen LogP contribution in [0, 0.1) is 5.92 Å². The molecule has 3 rings (SSSR count). The average molecular weight is 439 g/mol. The van der Waals surface area contributed by atoms with E-state index in [4.69, 9.17) is 9.97 Å². The van der Waals surface area contributed by atoms with Crippen LogP contribution in [0.25, 0.3) is 0 Å². The first kappa shape index (κ1) is 24.2. The molecular formula is C26H38N4O2. The van der Waals surface area contributed by atoms with Gasteiger partial charge in [-0.3, -0.25) is 4.79 Å². The third-order valence-corrected chi connectivity index (χ3v) is 6.69. The molecule has 174 valence electrons. The van der Waals surface area contributed by atoms with E-state index < -0.39 is 0 Å². The molecule has 0 spiro atoms. The molecule has 2 heterocycles. The number of likely N-dealkylation sites (tertiary alicyclic amines) is 1. The van der Waals surface area contributed by atoms with Crippen LogP contribution in [0.3, 0.4) is 0 Å². The Balaban J connectivity index is 1.86. The number of aromatic hydroxyl groups is 1. The molecule has 1 fully saturated rings. The van der Waals surface area contributed by atoms with E-state index in [2.05, 4.69) is 31.7 Å². The lowest BCUT2D eigenvalue weighted by atomic mass is 9.71. The molecule has 32 heavy (non-hydrogen) atoms. The highest BCUT2D eigenvalue weighted by Gasteiger charge is 2.40. The predicted molar refractivity (Wildman–Crippen MR) is 128 cm³/mol. The second-order valence-electron chi connectivity index (χ2n) is 9.35. The minimum absolute atomic E-state index is 0.0514. The highest BCUT2D eigenvalue weighted by atomic mass is 16.3. The van der Waals surface area contributed by atoms with Gasteiger partial charge in [-0.1, -0.05) is 39.3 Å². The van der Waals surface area contributed by atoms with Crippen molar-refractivity contribution in [2.24, 2.45) is 5.92 Å². The van der Waals surface area contributed by atoms with E-state index in [1.54, 1.807) is 23.4 Å². The SMILES string of the molecule is CCCC(C)CN1CCC(c2cccc(O)c2)(c2ncc(C(=O)N(C)CCC)cn2)CC1. The van der Waals surface area contributed by atoms with Crippen LogP contribution in [0.4, 0.5) is 0 Å². The lowest BCUT2D eigenvalue weighted by Crippen LogP contribution is -2.45. The van der Waals surface area contributed by atoms with Gasteiger partial charge in [0.05, 0.1) is 11.0 Å². The van der Waals surface area contributed by atoms with E-state index in [0.29, 0.717) is 18.0 Å². The second-order valence-corrected chi connectivity index (χ2v) is 9.35. The van der Waals surface area contributed by atoms with Crippen molar-refractivity contribution in [3.63, 3.8) is 0 Å². The Hall–Kier alpha value is -2.47. The zero-order valence-corrected chi connectivity index (χ0v) is 20.0. The number of carbonyl (C=O) groups is 1. The first-order chi connectivity index (χ1) is 15.4. The van der Waals surface area contributed by atoms with Crippen LogP contribution in [0.1, 0.15) is 74.6 Å². The molecule has 1 amide bonds. The van der Waals surface area contributed by atoms with Gasteiger partial charge >= 0.3 is 0 Å². The largest absolute Gasteiger partial charge is 0.508 e. The maximum Gasteiger partial charge on any atom is 0.256 e. The number of amides is 1. The van der Waals surface area contributed by atoms with E-state index in [0.717, 1.165) is 50.3 Å². The predicted octanol–water partition coefficient (Wildman–Crippen LogP) is 4.48. The molecular weight excluding hydrogens is 400 g/mol. The van der Waals surface area contributed by atoms with E-state index in [1.807, 2.05) is 19.2 Å². The number of carbonyl (C=O) groups excluding carboxylic acids is 1. The summed E-state index contributed by atoms with van der Waals surface area (Å²) in [4.78, 5) is 26.3. The normalized spacial score (nSPS) is 17.1. The summed E-state index contributed by atoms with van der Waals surface area (Å²) in [5.41, 5.74) is 1.20. The molecule has 0 aliphatic carbocycles. The molecule has 6 heteroatoms. The molecule has 1 saturated heterocycles. The Morgan fingerprint density at radius 3 is 2.47 bits per heavy atom. The van der Waals surface area contributed by atoms with Crippen LogP contribution < -0.4 is 0 Å². The summed E-state index contributed by atoms with van der Waals surface area (Å²) < 4.78 is 0. The fraction of sp³-hybridized carbons (Fsp3) is 0.577. The van der Waals surface area contributed by atoms with Gasteiger partial charge in [-0.05, 0) is 62.4 Å². The molecule has 1 aromatic heterocycles. The van der Waals surface area contributed by atoms with Crippen molar-refractivity contribution in [3.8, 4) is 5.75 Å². The Labute approximate surface area is 192 Å². The number of piperidine rings is 1. The van der Waals surface area contributed by atoms with Crippen molar-refractivity contribution in [2.45, 2.75) is 58.3 Å². The van der Waals surface area contributed by atoms with Gasteiger partial charge in [-0.15, -0.1) is 0 Å². The number of phenols is 1. The molecule has 1 aliphatic rings. The number of hydrogen-bond donors (Lipinski definition) is 1. The number of hydrogen-bond acceptors (Lipinski definition) is 5. The number of rotatable bonds is 9. The summed E-state index contributed by atoms with van der Waals surface area (Å²) in [6, 6.07) is 7.49. The van der Waals surface area contributed by atoms with Gasteiger partial charge in [-0.25, -0.2) is 9.97 Å². The second kappa shape index (κ2) is 10.9. The summed E-state index contributed by atoms with van der Waals surface area (Å²) in [5.74, 6) is 1.63. The fourth-order valence-electron chi connectivity index (χ4n) is 4.93. The minimum atomic E-state index is -0.361. The van der Waals surface area contributed by atoms with Gasteiger partial charge in [0.1, 0.15) is 11.6 Å². The highest BCUT2D eigenvalue weighted by Crippen LogP contribution is 2.41. The quantitative estimate of drug-likeness (QED) is 0.625. The monoisotopic (exact) mass is 438 g/mol. The van der Waals surface area contributed by atoms with Crippen LogP contribution in [0.5, 0.6) is 5.75 Å². The van der Waals surface area contributed by atoms with E-state index in [1.165, 1.54) is 12.8 Å². The van der Waals surface area contributed by atoms with Crippen molar-refractivity contribution in [2.75, 3.05) is 33.2 Å². The maximum atomic E-state index is 12.6. The van der Waals surface area contributed by atoms with Crippen LogP contribution in [-0.4, -0.2) is 64.0 Å². The Bertz CT molecular complexity index is 876. The Morgan fingerprint density at radius 1 is 1.19 bits per heavy atom. The average Bonchev–Trinajstić information content (AvgIpc) is 2.80. The van der Waals surface area contributed by atoms with E-state index >= 15 is 0 Å². The van der Waals surface area contributed by atoms with E-state index in [-0.39, 0.29) is 17.1 Å². The van der Waals surface area contributed by atoms with Gasteiger partial charge in [0.25, 0.3) is 5.91 Å². The number of phenolic OH excluding ortho intramolecular Hbond substituents is 1. The van der Waals surface area contributed by atoms with Gasteiger partial charge in [0.15, 0.2) is 0 Å². The van der Waals surface area contributed by atoms with Crippen LogP contribution in [-0.2, 0) is 5.41 Å². The number of aromatic nitrogens is 2. The van der Waals surface area contributed by atoms with Gasteiger partial charge in [-0.2, -0.15) is 0 Å². The summed E-state index contributed by atoms with van der Waals surface area (Å²) in [5, 5.41) is 10.2. The van der Waals surface area contributed by atoms with E-state index in [9.17, 15) is 9.90 Å². The smallest absolute Gasteiger partial charge is 0.256 e. The maximum absolute atomic E-state index is 12.6. The summed E-state index contributed by atoms with van der Waals surface area (Å²) in [7, 11) is 1.81. The fourth-order valence-corrected chi connectivity index (χ4v) is 4.93. The van der Waals surface area contributed by atoms with Crippen molar-refractivity contribution in [3.05, 3.63) is 53.6 Å². The van der Waals surface area contributed by atoms with Gasteiger partial charge < -0.3 is 14.9 Å². The molecule has 1 aliphatic heterocycles. The number of nitrogens with zero attached hydrogens (tertiary/aromatic N) is 4. The van der Waals surface area contributed by atoms with Crippen LogP contribution in [0.2, 0.25) is 0 Å². The summed E-state index contributed by atoms with van der Waals surface area (Å²) in [6.45, 7) is 10.4. The van der Waals surface area contributed by atoms with Crippen molar-refractivity contribution in [1.82, 2.24) is 19.8 Å². The van der Waals surface area contributed by atoms with Crippen molar-refractivity contribution >= 4 is 5.91 Å². The standard InChI is InChI=1S/C26H38N4O2/c1-5-8-20(3)19-30-14-11-26(12-15-30,22-9-7-10-23(31)16-22)25-27-17-21(18-28-25)24(32)29(4)13-6-2/h7,9-10,16-18,20,31H,5-6,8,11-15,19H2,1-4H3. The van der Waals surface area contributed by atoms with Crippen LogP contribution in [0.15, 0.2) is 36.7 Å². The van der Waals surface area contributed by atoms with Crippen molar-refractivity contribution in [1.29, 1.82) is 0 Å². The van der Waals surface area contributed by atoms with Gasteiger partial charge in [0.2, 0.25) is 0 Å². The van der Waals surface area contributed by atoms with Crippen molar-refractivity contribution < 1.29 is 9.90 Å². The minimum Gasteiger partial charge on any atom is -0.508 e. The Morgan fingerprint density at radius 2 is 1.88 bits per heavy atom. The lowest BCUT2D eigenvalue weighted by molar-refractivity contribution is 0.0794. The van der Waals surface area contributed by atoms with Crippen LogP contribution >= 0.6 is 0 Å². The number of benzene rings is 1.